The molecule has 0 aliphatic carbocycles. The van der Waals surface area contributed by atoms with E-state index in [-0.39, 0.29) is 33.9 Å². The molecule has 11 heteroatoms. The first-order valence-corrected chi connectivity index (χ1v) is 9.22. The highest BCUT2D eigenvalue weighted by Crippen LogP contribution is 2.33. The smallest absolute Gasteiger partial charge is 0.401 e. The SMILES string of the molecule is Cc1cc(C(F)(F)F)cc2c(=O)oc(-c3cc(Br)nn3-c3ncccc3Cl)nc12. The van der Waals surface area contributed by atoms with E-state index in [0.717, 1.165) is 12.1 Å². The van der Waals surface area contributed by atoms with Gasteiger partial charge < -0.3 is 4.42 Å². The quantitative estimate of drug-likeness (QED) is 0.391. The second kappa shape index (κ2) is 6.96. The van der Waals surface area contributed by atoms with Crippen LogP contribution < -0.4 is 5.63 Å². The Morgan fingerprint density at radius 3 is 2.69 bits per heavy atom. The number of rotatable bonds is 2. The standard InChI is InChI=1S/C18H9BrClF3N4O2/c1-8-5-9(18(21,22)23)6-10-14(8)25-16(29-17(10)28)12-7-13(19)26-27(12)15-11(20)3-2-4-24-15/h2-7H,1H3. The molecule has 0 unspecified atom stereocenters. The van der Waals surface area contributed by atoms with Crippen LogP contribution in [-0.4, -0.2) is 19.7 Å². The van der Waals surface area contributed by atoms with Gasteiger partial charge in [0.15, 0.2) is 5.82 Å². The van der Waals surface area contributed by atoms with Crippen LogP contribution in [0.25, 0.3) is 28.3 Å². The minimum absolute atomic E-state index is 0.0974. The van der Waals surface area contributed by atoms with Gasteiger partial charge in [0.05, 0.1) is 21.5 Å². The molecule has 0 amide bonds. The van der Waals surface area contributed by atoms with Crippen LogP contribution in [0.4, 0.5) is 13.2 Å². The van der Waals surface area contributed by atoms with E-state index in [1.807, 2.05) is 0 Å². The largest absolute Gasteiger partial charge is 0.416 e. The van der Waals surface area contributed by atoms with Gasteiger partial charge in [0.2, 0.25) is 5.89 Å². The molecule has 0 saturated heterocycles. The molecular weight excluding hydrogens is 477 g/mol. The predicted octanol–water partition coefficient (Wildman–Crippen LogP) is 5.18. The zero-order valence-electron chi connectivity index (χ0n) is 14.5. The first-order valence-electron chi connectivity index (χ1n) is 8.04. The third-order valence-corrected chi connectivity index (χ3v) is 4.77. The summed E-state index contributed by atoms with van der Waals surface area (Å²) in [6, 6.07) is 6.44. The van der Waals surface area contributed by atoms with E-state index in [1.54, 1.807) is 12.1 Å². The molecular formula is C18H9BrClF3N4O2. The molecule has 0 radical (unpaired) electrons. The Bertz CT molecular complexity index is 1320. The maximum atomic E-state index is 13.1. The van der Waals surface area contributed by atoms with Crippen molar-refractivity contribution in [2.24, 2.45) is 0 Å². The molecule has 6 nitrogen and oxygen atoms in total. The van der Waals surface area contributed by atoms with Crippen molar-refractivity contribution in [3.8, 4) is 17.4 Å². The van der Waals surface area contributed by atoms with Crippen LogP contribution in [0.2, 0.25) is 5.02 Å². The van der Waals surface area contributed by atoms with E-state index in [2.05, 4.69) is 31.0 Å². The summed E-state index contributed by atoms with van der Waals surface area (Å²) < 4.78 is 46.1. The lowest BCUT2D eigenvalue weighted by Crippen LogP contribution is -2.11. The molecule has 4 aromatic rings. The minimum atomic E-state index is -4.59. The van der Waals surface area contributed by atoms with Crippen molar-refractivity contribution >= 4 is 38.4 Å². The topological polar surface area (TPSA) is 73.8 Å². The van der Waals surface area contributed by atoms with E-state index in [1.165, 1.54) is 23.9 Å². The lowest BCUT2D eigenvalue weighted by molar-refractivity contribution is -0.137. The fourth-order valence-corrected chi connectivity index (χ4v) is 3.40. The minimum Gasteiger partial charge on any atom is -0.401 e. The Kier molecular flexibility index (Phi) is 4.70. The van der Waals surface area contributed by atoms with E-state index < -0.39 is 17.4 Å². The average Bonchev–Trinajstić information content (AvgIpc) is 3.03. The van der Waals surface area contributed by atoms with Crippen molar-refractivity contribution in [3.63, 3.8) is 0 Å². The molecule has 0 N–H and O–H groups in total. The van der Waals surface area contributed by atoms with Crippen LogP contribution in [0.5, 0.6) is 0 Å². The Balaban J connectivity index is 1.97. The molecule has 148 valence electrons. The molecule has 1 aromatic carbocycles. The van der Waals surface area contributed by atoms with Crippen LogP contribution >= 0.6 is 27.5 Å². The van der Waals surface area contributed by atoms with Crippen LogP contribution in [0.15, 0.2) is 50.3 Å². The molecule has 0 saturated carbocycles. The van der Waals surface area contributed by atoms with Crippen molar-refractivity contribution < 1.29 is 17.6 Å². The summed E-state index contributed by atoms with van der Waals surface area (Å²) in [7, 11) is 0. The highest BCUT2D eigenvalue weighted by Gasteiger charge is 2.32. The Labute approximate surface area is 174 Å². The van der Waals surface area contributed by atoms with Gasteiger partial charge in [-0.05, 0) is 52.7 Å². The predicted molar refractivity (Wildman–Crippen MR) is 103 cm³/mol. The van der Waals surface area contributed by atoms with Gasteiger partial charge >= 0.3 is 11.8 Å². The third kappa shape index (κ3) is 3.53. The molecule has 29 heavy (non-hydrogen) atoms. The summed E-state index contributed by atoms with van der Waals surface area (Å²) in [5, 5.41) is 4.26. The Hall–Kier alpha value is -2.72. The fraction of sp³-hybridized carbons (Fsp3) is 0.111. The second-order valence-electron chi connectivity index (χ2n) is 6.07. The van der Waals surface area contributed by atoms with Crippen LogP contribution in [0, 0.1) is 6.92 Å². The summed E-state index contributed by atoms with van der Waals surface area (Å²) in [5.74, 6) is 0.133. The van der Waals surface area contributed by atoms with Crippen molar-refractivity contribution in [3.05, 3.63) is 67.7 Å². The summed E-state index contributed by atoms with van der Waals surface area (Å²) in [5.41, 5.74) is -1.37. The van der Waals surface area contributed by atoms with Crippen molar-refractivity contribution in [1.82, 2.24) is 19.7 Å². The van der Waals surface area contributed by atoms with Gasteiger partial charge in [0.25, 0.3) is 0 Å². The molecule has 0 aliphatic rings. The van der Waals surface area contributed by atoms with Crippen molar-refractivity contribution in [1.29, 1.82) is 0 Å². The van der Waals surface area contributed by atoms with Gasteiger partial charge in [-0.2, -0.15) is 18.3 Å². The number of aromatic nitrogens is 4. The average molecular weight is 486 g/mol. The molecule has 4 rings (SSSR count). The highest BCUT2D eigenvalue weighted by molar-refractivity contribution is 9.10. The number of fused-ring (bicyclic) bond motifs is 1. The molecule has 0 bridgehead atoms. The number of benzene rings is 1. The highest BCUT2D eigenvalue weighted by atomic mass is 79.9. The van der Waals surface area contributed by atoms with E-state index >= 15 is 0 Å². The Morgan fingerprint density at radius 2 is 2.00 bits per heavy atom. The van der Waals surface area contributed by atoms with Gasteiger partial charge in [0, 0.05) is 12.3 Å². The molecule has 0 atom stereocenters. The normalized spacial score (nSPS) is 11.9. The summed E-state index contributed by atoms with van der Waals surface area (Å²) in [6.45, 7) is 1.44. The Morgan fingerprint density at radius 1 is 1.24 bits per heavy atom. The fourth-order valence-electron chi connectivity index (χ4n) is 2.82. The lowest BCUT2D eigenvalue weighted by Gasteiger charge is -2.10. The second-order valence-corrected chi connectivity index (χ2v) is 7.29. The summed E-state index contributed by atoms with van der Waals surface area (Å²) in [6.07, 6.45) is -3.09. The van der Waals surface area contributed by atoms with Gasteiger partial charge in [-0.3, -0.25) is 0 Å². The van der Waals surface area contributed by atoms with E-state index in [0.29, 0.717) is 9.63 Å². The van der Waals surface area contributed by atoms with Crippen molar-refractivity contribution in [2.75, 3.05) is 0 Å². The number of hydrogen-bond donors (Lipinski definition) is 0. The lowest BCUT2D eigenvalue weighted by atomic mass is 10.1. The van der Waals surface area contributed by atoms with Crippen LogP contribution in [-0.2, 0) is 6.18 Å². The number of pyridine rings is 1. The van der Waals surface area contributed by atoms with Gasteiger partial charge in [0.1, 0.15) is 10.3 Å². The number of hydrogen-bond acceptors (Lipinski definition) is 5. The third-order valence-electron chi connectivity index (χ3n) is 4.09. The summed E-state index contributed by atoms with van der Waals surface area (Å²) in [4.78, 5) is 20.9. The first kappa shape index (κ1) is 19.6. The number of aryl methyl sites for hydroxylation is 1. The van der Waals surface area contributed by atoms with Gasteiger partial charge in [-0.1, -0.05) is 11.6 Å². The molecule has 3 heterocycles. The van der Waals surface area contributed by atoms with Gasteiger partial charge in [-0.25, -0.2) is 19.4 Å². The summed E-state index contributed by atoms with van der Waals surface area (Å²) >= 11 is 9.42. The maximum Gasteiger partial charge on any atom is 0.416 e. The van der Waals surface area contributed by atoms with Gasteiger partial charge in [-0.15, -0.1) is 0 Å². The maximum absolute atomic E-state index is 13.1. The van der Waals surface area contributed by atoms with Crippen LogP contribution in [0.3, 0.4) is 0 Å². The zero-order chi connectivity index (χ0) is 20.9. The monoisotopic (exact) mass is 484 g/mol. The first-order chi connectivity index (χ1) is 13.6. The zero-order valence-corrected chi connectivity index (χ0v) is 16.8. The number of alkyl halides is 3. The number of nitrogens with zero attached hydrogens (tertiary/aromatic N) is 4. The molecule has 0 aliphatic heterocycles. The van der Waals surface area contributed by atoms with E-state index in [9.17, 15) is 18.0 Å². The van der Waals surface area contributed by atoms with E-state index in [4.69, 9.17) is 16.0 Å². The molecule has 0 spiro atoms. The molecule has 0 fully saturated rings. The van der Waals surface area contributed by atoms with Crippen LogP contribution in [0.1, 0.15) is 11.1 Å². The number of halogens is 5. The van der Waals surface area contributed by atoms with Crippen molar-refractivity contribution in [2.45, 2.75) is 13.1 Å². The molecule has 3 aromatic heterocycles.